The van der Waals surface area contributed by atoms with Crippen LogP contribution < -0.4 is 11.0 Å². The molecule has 28 heavy (non-hydrogen) atoms. The van der Waals surface area contributed by atoms with Crippen LogP contribution in [0.4, 0.5) is 15.2 Å². The summed E-state index contributed by atoms with van der Waals surface area (Å²) < 4.78 is 16.3. The quantitative estimate of drug-likeness (QED) is 0.423. The molecule has 0 aliphatic carbocycles. The number of rotatable bonds is 4. The Balaban J connectivity index is 1.84. The lowest BCUT2D eigenvalue weighted by molar-refractivity contribution is 0.296. The zero-order valence-corrected chi connectivity index (χ0v) is 16.0. The van der Waals surface area contributed by atoms with Gasteiger partial charge >= 0.3 is 0 Å². The molecule has 0 saturated carbocycles. The van der Waals surface area contributed by atoms with E-state index < -0.39 is 5.82 Å². The van der Waals surface area contributed by atoms with Gasteiger partial charge in [-0.1, -0.05) is 47.2 Å². The third-order valence-electron chi connectivity index (χ3n) is 4.38. The van der Waals surface area contributed by atoms with Gasteiger partial charge in [0.15, 0.2) is 5.13 Å². The number of thiazole rings is 1. The van der Waals surface area contributed by atoms with Gasteiger partial charge in [-0.05, 0) is 47.0 Å². The lowest BCUT2D eigenvalue weighted by Gasteiger charge is -2.21. The summed E-state index contributed by atoms with van der Waals surface area (Å²) >= 11 is 7.39. The first kappa shape index (κ1) is 18.6. The maximum atomic E-state index is 15.5. The number of halogens is 2. The molecule has 8 heteroatoms. The molecule has 3 aromatic carbocycles. The van der Waals surface area contributed by atoms with Crippen LogP contribution in [0.25, 0.3) is 21.3 Å². The van der Waals surface area contributed by atoms with Crippen molar-refractivity contribution in [2.24, 2.45) is 0 Å². The summed E-state index contributed by atoms with van der Waals surface area (Å²) in [7, 11) is 0. The van der Waals surface area contributed by atoms with Gasteiger partial charge in [0, 0.05) is 17.0 Å². The third-order valence-corrected chi connectivity index (χ3v) is 5.45. The number of fused-ring (bicyclic) bond motifs is 1. The number of aromatic nitrogens is 1. The zero-order valence-electron chi connectivity index (χ0n) is 14.4. The molecule has 0 radical (unpaired) electrons. The van der Waals surface area contributed by atoms with Gasteiger partial charge in [0.05, 0.1) is 15.9 Å². The lowest BCUT2D eigenvalue weighted by Crippen LogP contribution is -2.06. The molecule has 0 bridgehead atoms. The number of anilines is 2. The molecule has 0 saturated heterocycles. The van der Waals surface area contributed by atoms with Crippen LogP contribution in [0.15, 0.2) is 54.6 Å². The van der Waals surface area contributed by atoms with Crippen LogP contribution in [0.3, 0.4) is 0 Å². The summed E-state index contributed by atoms with van der Waals surface area (Å²) in [5.41, 5.74) is 8.73. The molecule has 0 fully saturated rings. The van der Waals surface area contributed by atoms with Gasteiger partial charge in [0.2, 0.25) is 0 Å². The Bertz CT molecular complexity index is 1160. The molecule has 0 spiro atoms. The van der Waals surface area contributed by atoms with Gasteiger partial charge in [-0.25, -0.2) is 9.37 Å². The molecule has 0 unspecified atom stereocenters. The first-order chi connectivity index (χ1) is 13.4. The predicted octanol–water partition coefficient (Wildman–Crippen LogP) is 5.62. The maximum absolute atomic E-state index is 15.5. The Morgan fingerprint density at radius 3 is 2.61 bits per heavy atom. The van der Waals surface area contributed by atoms with Gasteiger partial charge in [-0.15, -0.1) is 0 Å². The average Bonchev–Trinajstić information content (AvgIpc) is 3.02. The Labute approximate surface area is 169 Å². The Kier molecular flexibility index (Phi) is 4.91. The van der Waals surface area contributed by atoms with E-state index in [0.717, 1.165) is 10.3 Å². The highest BCUT2D eigenvalue weighted by atomic mass is 35.5. The first-order valence-electron chi connectivity index (χ1n) is 8.31. The molecule has 0 atom stereocenters. The van der Waals surface area contributed by atoms with Crippen molar-refractivity contribution < 1.29 is 9.60 Å². The van der Waals surface area contributed by atoms with Crippen LogP contribution in [0.2, 0.25) is 5.02 Å². The van der Waals surface area contributed by atoms with Gasteiger partial charge < -0.3 is 16.2 Å². The SMILES string of the molecule is Nc1nc2c(-c3cccc(Cl)c3)c(F)c(Cc3ccc(N([O-])O)cc3)cc2s1. The van der Waals surface area contributed by atoms with E-state index >= 15 is 4.39 Å². The molecule has 0 amide bonds. The Morgan fingerprint density at radius 2 is 1.93 bits per heavy atom. The summed E-state index contributed by atoms with van der Waals surface area (Å²) in [6.07, 6.45) is 0.303. The molecule has 0 aliphatic heterocycles. The van der Waals surface area contributed by atoms with Crippen molar-refractivity contribution in [2.75, 3.05) is 11.0 Å². The second-order valence-corrected chi connectivity index (χ2v) is 7.75. The van der Waals surface area contributed by atoms with Crippen molar-refractivity contribution in [1.82, 2.24) is 4.98 Å². The Morgan fingerprint density at radius 1 is 1.18 bits per heavy atom. The van der Waals surface area contributed by atoms with Gasteiger partial charge in [0.25, 0.3) is 0 Å². The van der Waals surface area contributed by atoms with Crippen LogP contribution in [-0.4, -0.2) is 10.2 Å². The minimum absolute atomic E-state index is 0.106. The van der Waals surface area contributed by atoms with Crippen LogP contribution in [0, 0.1) is 11.0 Å². The monoisotopic (exact) mass is 414 g/mol. The predicted molar refractivity (Wildman–Crippen MR) is 111 cm³/mol. The number of nitrogen functional groups attached to an aromatic ring is 1. The van der Waals surface area contributed by atoms with E-state index in [1.54, 1.807) is 42.5 Å². The van der Waals surface area contributed by atoms with Gasteiger partial charge in [-0.2, -0.15) is 0 Å². The summed E-state index contributed by atoms with van der Waals surface area (Å²) in [5.74, 6) is -0.392. The lowest BCUT2D eigenvalue weighted by atomic mass is 9.97. The van der Waals surface area contributed by atoms with Crippen molar-refractivity contribution in [3.05, 3.63) is 81.8 Å². The molecule has 1 heterocycles. The van der Waals surface area contributed by atoms with E-state index in [9.17, 15) is 5.21 Å². The molecular formula is C20H14ClFN3O2S-. The third kappa shape index (κ3) is 3.53. The standard InChI is InChI=1S/C20H14ClFN3O2S/c21-14-3-1-2-12(9-14)17-18(22)13(10-16-19(17)24-20(23)28-16)8-11-4-6-15(7-5-11)25(26)27/h1-7,9-10,26H,8H2,(H2,23,24)/q-1. The molecule has 142 valence electrons. The number of nitrogens with zero attached hydrogens (tertiary/aromatic N) is 2. The van der Waals surface area contributed by atoms with E-state index in [4.69, 9.17) is 22.5 Å². The van der Waals surface area contributed by atoms with E-state index in [1.165, 1.54) is 23.5 Å². The second-order valence-electron chi connectivity index (χ2n) is 6.25. The fourth-order valence-electron chi connectivity index (χ4n) is 3.11. The smallest absolute Gasteiger partial charge is 0.181 e. The van der Waals surface area contributed by atoms with E-state index in [1.807, 2.05) is 0 Å². The highest BCUT2D eigenvalue weighted by Gasteiger charge is 2.19. The first-order valence-corrected chi connectivity index (χ1v) is 9.50. The highest BCUT2D eigenvalue weighted by Crippen LogP contribution is 2.38. The number of benzene rings is 3. The average molecular weight is 415 g/mol. The summed E-state index contributed by atoms with van der Waals surface area (Å²) in [5, 5.41) is 20.5. The largest absolute Gasteiger partial charge is 0.733 e. The molecule has 0 aliphatic rings. The number of hydrogen-bond acceptors (Lipinski definition) is 6. The summed E-state index contributed by atoms with van der Waals surface area (Å²) in [6.45, 7) is 0. The molecule has 3 N–H and O–H groups in total. The van der Waals surface area contributed by atoms with Crippen LogP contribution in [0.1, 0.15) is 11.1 Å². The van der Waals surface area contributed by atoms with Crippen LogP contribution >= 0.6 is 22.9 Å². The minimum Gasteiger partial charge on any atom is -0.733 e. The van der Waals surface area contributed by atoms with E-state index in [0.29, 0.717) is 38.8 Å². The van der Waals surface area contributed by atoms with Crippen molar-refractivity contribution in [2.45, 2.75) is 6.42 Å². The van der Waals surface area contributed by atoms with Gasteiger partial charge in [0.1, 0.15) is 5.82 Å². The zero-order chi connectivity index (χ0) is 19.8. The van der Waals surface area contributed by atoms with Crippen LogP contribution in [0.5, 0.6) is 0 Å². The molecular weight excluding hydrogens is 401 g/mol. The molecule has 5 nitrogen and oxygen atoms in total. The van der Waals surface area contributed by atoms with E-state index in [2.05, 4.69) is 4.98 Å². The van der Waals surface area contributed by atoms with Gasteiger partial charge in [-0.3, -0.25) is 5.21 Å². The maximum Gasteiger partial charge on any atom is 0.181 e. The van der Waals surface area contributed by atoms with Crippen molar-refractivity contribution in [3.63, 3.8) is 0 Å². The number of hydrogen-bond donors (Lipinski definition) is 2. The van der Waals surface area contributed by atoms with E-state index in [-0.39, 0.29) is 10.9 Å². The second kappa shape index (κ2) is 7.37. The summed E-state index contributed by atoms with van der Waals surface area (Å²) in [4.78, 5) is 4.30. The molecule has 1 aromatic heterocycles. The topological polar surface area (TPSA) is 85.4 Å². The fraction of sp³-hybridized carbons (Fsp3) is 0.0500. The summed E-state index contributed by atoms with van der Waals surface area (Å²) in [6, 6.07) is 15.0. The fourth-order valence-corrected chi connectivity index (χ4v) is 4.11. The normalized spacial score (nSPS) is 11.1. The molecule has 4 aromatic rings. The Hall–Kier alpha value is -2.71. The van der Waals surface area contributed by atoms with Crippen molar-refractivity contribution in [3.8, 4) is 11.1 Å². The van der Waals surface area contributed by atoms with Crippen molar-refractivity contribution >= 4 is 44.0 Å². The highest BCUT2D eigenvalue weighted by molar-refractivity contribution is 7.22. The number of nitrogens with two attached hydrogens (primary N) is 1. The van der Waals surface area contributed by atoms with Crippen molar-refractivity contribution in [1.29, 1.82) is 0 Å². The molecule has 4 rings (SSSR count). The van der Waals surface area contributed by atoms with Crippen LogP contribution in [-0.2, 0) is 6.42 Å². The minimum atomic E-state index is -0.392.